The third kappa shape index (κ3) is 10.3. The summed E-state index contributed by atoms with van der Waals surface area (Å²) in [6.45, 7) is 11.1. The molecule has 2 aromatic carbocycles. The first kappa shape index (κ1) is 36.6. The fourth-order valence-electron chi connectivity index (χ4n) is 5.12. The van der Waals surface area contributed by atoms with Crippen LogP contribution in [0, 0.1) is 5.82 Å². The Hall–Kier alpha value is -3.83. The predicted octanol–water partition coefficient (Wildman–Crippen LogP) is 6.17. The van der Waals surface area contributed by atoms with Crippen LogP contribution in [0.4, 0.5) is 4.39 Å². The lowest BCUT2D eigenvalue weighted by Gasteiger charge is -2.19. The van der Waals surface area contributed by atoms with Gasteiger partial charge >= 0.3 is 5.69 Å². The van der Waals surface area contributed by atoms with Gasteiger partial charge in [-0.1, -0.05) is 43.2 Å². The smallest absolute Gasteiger partial charge is 0.354 e. The number of hydrogen-bond donors (Lipinski definition) is 5. The van der Waals surface area contributed by atoms with Crippen molar-refractivity contribution in [3.8, 4) is 16.9 Å². The lowest BCUT2D eigenvalue weighted by molar-refractivity contribution is 0.490. The summed E-state index contributed by atoms with van der Waals surface area (Å²) in [6.07, 6.45) is 8.80. The minimum absolute atomic E-state index is 0.0558. The highest BCUT2D eigenvalue weighted by Gasteiger charge is 2.16. The summed E-state index contributed by atoms with van der Waals surface area (Å²) in [5.41, 5.74) is 20.6. The molecule has 4 aromatic rings. The highest BCUT2D eigenvalue weighted by atomic mass is 35.5. The Kier molecular flexibility index (Phi) is 14.6. The standard InChI is InChI=1S/C32H42ClFN8O.C3H6/c1-3-6-27(38-13-5-14-39-29(37)18-35)22-9-11-24(12-10-22)42-19-23-17-28(40-31(23)41-32(42)43)25-15-21(8-4-7-20(2)36)16-26(33)30(25)34;1-3-2/h9-12,15-17,19-20,27,38H,3-8,13-14,18,35-36H2,1-2H3,(H2,37,39)(H,40,41,43);3H,1H2,2H3. The fourth-order valence-corrected chi connectivity index (χ4v) is 5.37. The number of nitrogens with zero attached hydrogens (tertiary/aromatic N) is 3. The first-order valence-electron chi connectivity index (χ1n) is 15.9. The lowest BCUT2D eigenvalue weighted by Crippen LogP contribution is -2.25. The first-order valence-corrected chi connectivity index (χ1v) is 16.2. The van der Waals surface area contributed by atoms with E-state index in [9.17, 15) is 4.79 Å². The molecular formula is C35H48ClFN8O. The predicted molar refractivity (Wildman–Crippen MR) is 190 cm³/mol. The highest BCUT2D eigenvalue weighted by Crippen LogP contribution is 2.31. The van der Waals surface area contributed by atoms with Gasteiger partial charge in [-0.2, -0.15) is 4.98 Å². The molecule has 0 aliphatic heterocycles. The third-order valence-corrected chi connectivity index (χ3v) is 7.69. The molecule has 0 fully saturated rings. The van der Waals surface area contributed by atoms with Gasteiger partial charge in [0.25, 0.3) is 0 Å². The number of rotatable bonds is 15. The van der Waals surface area contributed by atoms with Gasteiger partial charge in [-0.3, -0.25) is 9.56 Å². The Labute approximate surface area is 276 Å². The number of amidine groups is 1. The summed E-state index contributed by atoms with van der Waals surface area (Å²) in [5, 5.41) is 4.33. The number of H-pyrrole nitrogens is 1. The lowest BCUT2D eigenvalue weighted by atomic mass is 10.0. The van der Waals surface area contributed by atoms with Gasteiger partial charge in [0.05, 0.1) is 22.9 Å². The van der Waals surface area contributed by atoms with Crippen molar-refractivity contribution in [2.45, 2.75) is 71.4 Å². The van der Waals surface area contributed by atoms with Crippen molar-refractivity contribution in [1.29, 1.82) is 0 Å². The molecule has 0 bridgehead atoms. The van der Waals surface area contributed by atoms with E-state index in [1.54, 1.807) is 30.5 Å². The van der Waals surface area contributed by atoms with Crippen molar-refractivity contribution in [3.05, 3.63) is 93.8 Å². The van der Waals surface area contributed by atoms with Gasteiger partial charge < -0.3 is 27.5 Å². The SMILES string of the molecule is C=CC.CCCC(NCCCN=C(N)CN)c1ccc(-n2cc3cc(-c4cc(CCCC(C)N)cc(Cl)c4F)[nH]c3nc2=O)cc1. The number of aromatic nitrogens is 3. The largest absolute Gasteiger partial charge is 0.386 e. The number of nitrogens with one attached hydrogen (secondary N) is 2. The molecule has 0 saturated carbocycles. The number of aliphatic imine (C=N–C) groups is 1. The number of aryl methyl sites for hydroxylation is 1. The van der Waals surface area contributed by atoms with Gasteiger partial charge in [-0.15, -0.1) is 6.58 Å². The molecule has 2 aromatic heterocycles. The van der Waals surface area contributed by atoms with Crippen LogP contribution in [-0.2, 0) is 6.42 Å². The molecule has 248 valence electrons. The molecule has 0 aliphatic rings. The quantitative estimate of drug-likeness (QED) is 0.0449. The molecule has 11 heteroatoms. The number of halogens is 2. The van der Waals surface area contributed by atoms with Crippen LogP contribution in [-0.4, -0.2) is 46.0 Å². The number of allylic oxidation sites excluding steroid dienone is 1. The summed E-state index contributed by atoms with van der Waals surface area (Å²) in [7, 11) is 0. The van der Waals surface area contributed by atoms with Crippen molar-refractivity contribution in [1.82, 2.24) is 19.9 Å². The monoisotopic (exact) mass is 650 g/mol. The maximum atomic E-state index is 15.1. The van der Waals surface area contributed by atoms with Gasteiger partial charge in [0.15, 0.2) is 5.82 Å². The van der Waals surface area contributed by atoms with E-state index in [2.05, 4.69) is 33.8 Å². The zero-order valence-electron chi connectivity index (χ0n) is 27.2. The van der Waals surface area contributed by atoms with Crippen LogP contribution in [0.15, 0.2) is 71.1 Å². The van der Waals surface area contributed by atoms with Gasteiger partial charge in [0.1, 0.15) is 11.5 Å². The third-order valence-electron chi connectivity index (χ3n) is 7.41. The van der Waals surface area contributed by atoms with Crippen molar-refractivity contribution >= 4 is 28.5 Å². The molecule has 9 nitrogen and oxygen atoms in total. The summed E-state index contributed by atoms with van der Waals surface area (Å²) in [5.74, 6) is -0.0494. The number of aromatic amines is 1. The summed E-state index contributed by atoms with van der Waals surface area (Å²) in [6, 6.07) is 13.4. The van der Waals surface area contributed by atoms with Crippen LogP contribution in [0.5, 0.6) is 0 Å². The highest BCUT2D eigenvalue weighted by molar-refractivity contribution is 6.31. The molecule has 0 radical (unpaired) electrons. The summed E-state index contributed by atoms with van der Waals surface area (Å²) >= 11 is 6.25. The topological polar surface area (TPSA) is 153 Å². The molecule has 46 heavy (non-hydrogen) atoms. The van der Waals surface area contributed by atoms with Crippen molar-refractivity contribution in [3.63, 3.8) is 0 Å². The summed E-state index contributed by atoms with van der Waals surface area (Å²) < 4.78 is 16.6. The molecule has 4 rings (SSSR count). The molecule has 2 atom stereocenters. The molecule has 0 aliphatic carbocycles. The van der Waals surface area contributed by atoms with Gasteiger partial charge in [-0.25, -0.2) is 9.18 Å². The Bertz CT molecular complexity index is 1650. The normalized spacial score (nSPS) is 12.9. The van der Waals surface area contributed by atoms with Crippen LogP contribution in [0.2, 0.25) is 5.02 Å². The Morgan fingerprint density at radius 3 is 2.59 bits per heavy atom. The van der Waals surface area contributed by atoms with E-state index in [0.29, 0.717) is 40.4 Å². The van der Waals surface area contributed by atoms with Crippen LogP contribution < -0.4 is 28.2 Å². The van der Waals surface area contributed by atoms with Crippen molar-refractivity contribution < 1.29 is 4.39 Å². The van der Waals surface area contributed by atoms with E-state index in [1.807, 2.05) is 38.1 Å². The van der Waals surface area contributed by atoms with E-state index in [0.717, 1.165) is 56.2 Å². The van der Waals surface area contributed by atoms with E-state index in [1.165, 1.54) is 4.57 Å². The maximum Gasteiger partial charge on any atom is 0.354 e. The zero-order chi connectivity index (χ0) is 33.6. The van der Waals surface area contributed by atoms with Crippen LogP contribution in [0.3, 0.4) is 0 Å². The van der Waals surface area contributed by atoms with Gasteiger partial charge in [0, 0.05) is 35.8 Å². The number of hydrogen-bond acceptors (Lipinski definition) is 6. The second-order valence-electron chi connectivity index (χ2n) is 11.4. The molecule has 0 spiro atoms. The number of fused-ring (bicyclic) bond motifs is 1. The van der Waals surface area contributed by atoms with Crippen LogP contribution in [0.1, 0.15) is 70.0 Å². The van der Waals surface area contributed by atoms with Gasteiger partial charge in [-0.05, 0) is 94.0 Å². The Balaban J connectivity index is 0.00000185. The Morgan fingerprint density at radius 2 is 1.93 bits per heavy atom. The molecule has 2 unspecified atom stereocenters. The second kappa shape index (κ2) is 18.3. The fraction of sp³-hybridized carbons (Fsp3) is 0.400. The average molecular weight is 651 g/mol. The molecule has 8 N–H and O–H groups in total. The Morgan fingerprint density at radius 1 is 1.22 bits per heavy atom. The molecule has 0 saturated heterocycles. The van der Waals surface area contributed by atoms with E-state index >= 15 is 4.39 Å². The average Bonchev–Trinajstić information content (AvgIpc) is 3.44. The van der Waals surface area contributed by atoms with E-state index < -0.39 is 11.5 Å². The van der Waals surface area contributed by atoms with Crippen molar-refractivity contribution in [2.75, 3.05) is 19.6 Å². The maximum absolute atomic E-state index is 15.1. The minimum atomic E-state index is -0.516. The molecule has 0 amide bonds. The second-order valence-corrected chi connectivity index (χ2v) is 11.8. The minimum Gasteiger partial charge on any atom is -0.386 e. The van der Waals surface area contributed by atoms with Crippen molar-refractivity contribution in [2.24, 2.45) is 22.2 Å². The molecular weight excluding hydrogens is 603 g/mol. The van der Waals surface area contributed by atoms with E-state index in [-0.39, 0.29) is 23.7 Å². The first-order chi connectivity index (χ1) is 22.1. The number of benzene rings is 2. The number of nitrogens with two attached hydrogens (primary N) is 3. The zero-order valence-corrected chi connectivity index (χ0v) is 27.9. The van der Waals surface area contributed by atoms with Crippen LogP contribution in [0.25, 0.3) is 28.0 Å². The molecule has 2 heterocycles. The summed E-state index contributed by atoms with van der Waals surface area (Å²) in [4.78, 5) is 24.6. The van der Waals surface area contributed by atoms with E-state index in [4.69, 9.17) is 28.8 Å². The van der Waals surface area contributed by atoms with Gasteiger partial charge in [0.2, 0.25) is 0 Å². The van der Waals surface area contributed by atoms with Crippen LogP contribution >= 0.6 is 11.6 Å².